The Morgan fingerprint density at radius 2 is 1.44 bits per heavy atom. The van der Waals surface area contributed by atoms with Gasteiger partial charge in [0.1, 0.15) is 23.3 Å². The molecule has 8 heteroatoms. The normalized spacial score (nSPS) is 11.7. The Bertz CT molecular complexity index is 779. The van der Waals surface area contributed by atoms with Crippen LogP contribution in [-0.2, 0) is 30.3 Å². The summed E-state index contributed by atoms with van der Waals surface area (Å²) >= 11 is 0. The molecular weight excluding hydrogens is 354 g/mol. The molecule has 1 rings (SSSR count). The van der Waals surface area contributed by atoms with E-state index in [0.29, 0.717) is 5.69 Å². The molecule has 1 aromatic rings. The summed E-state index contributed by atoms with van der Waals surface area (Å²) in [5, 5.41) is 0. The molecular formula is C19H27NO7. The van der Waals surface area contributed by atoms with E-state index < -0.39 is 41.3 Å². The van der Waals surface area contributed by atoms with E-state index >= 15 is 0 Å². The molecule has 0 aromatic carbocycles. The third-order valence-corrected chi connectivity index (χ3v) is 3.06. The highest BCUT2D eigenvalue weighted by atomic mass is 16.6. The van der Waals surface area contributed by atoms with E-state index in [2.05, 4.69) is 0 Å². The third-order valence-electron chi connectivity index (χ3n) is 3.06. The molecule has 0 radical (unpaired) electrons. The van der Waals surface area contributed by atoms with Crippen molar-refractivity contribution in [1.82, 2.24) is 4.57 Å². The van der Waals surface area contributed by atoms with Crippen molar-refractivity contribution in [2.24, 2.45) is 0 Å². The summed E-state index contributed by atoms with van der Waals surface area (Å²) in [6, 6.07) is 2.80. The van der Waals surface area contributed by atoms with Crippen LogP contribution in [0.4, 0.5) is 0 Å². The highest BCUT2D eigenvalue weighted by molar-refractivity contribution is 5.90. The van der Waals surface area contributed by atoms with Crippen LogP contribution in [-0.4, -0.2) is 40.3 Å². The van der Waals surface area contributed by atoms with Gasteiger partial charge in [0.15, 0.2) is 6.61 Å². The van der Waals surface area contributed by atoms with Crippen LogP contribution in [0.1, 0.15) is 57.6 Å². The predicted molar refractivity (Wildman–Crippen MR) is 97.4 cm³/mol. The second-order valence-corrected chi connectivity index (χ2v) is 8.03. The van der Waals surface area contributed by atoms with Crippen molar-refractivity contribution in [2.45, 2.75) is 66.2 Å². The monoisotopic (exact) mass is 381 g/mol. The molecule has 0 aliphatic heterocycles. The number of esters is 3. The lowest BCUT2D eigenvalue weighted by atomic mass is 10.2. The lowest BCUT2D eigenvalue weighted by molar-refractivity contribution is -0.158. The fourth-order valence-corrected chi connectivity index (χ4v) is 2.10. The van der Waals surface area contributed by atoms with Gasteiger partial charge in [-0.15, -0.1) is 0 Å². The van der Waals surface area contributed by atoms with Crippen LogP contribution in [0.25, 0.3) is 0 Å². The highest BCUT2D eigenvalue weighted by Gasteiger charge is 2.22. The highest BCUT2D eigenvalue weighted by Crippen LogP contribution is 2.09. The molecule has 0 aliphatic carbocycles. The van der Waals surface area contributed by atoms with Gasteiger partial charge in [0, 0.05) is 5.69 Å². The molecule has 8 nitrogen and oxygen atoms in total. The first-order valence-corrected chi connectivity index (χ1v) is 8.51. The smallest absolute Gasteiger partial charge is 0.344 e. The lowest BCUT2D eigenvalue weighted by Gasteiger charge is -2.20. The standard InChI is InChI=1S/C19H27NO7/c1-12-8-9-13(17(24)25-11-15(22)27-19(5,6)7)16(23)20(12)10-14(21)26-18(2,3)4/h8-9H,10-11H2,1-7H3. The van der Waals surface area contributed by atoms with Gasteiger partial charge in [0.25, 0.3) is 5.56 Å². The topological polar surface area (TPSA) is 101 Å². The molecule has 0 atom stereocenters. The molecule has 0 saturated heterocycles. The number of carbonyl (C=O) groups excluding carboxylic acids is 3. The van der Waals surface area contributed by atoms with Gasteiger partial charge in [-0.3, -0.25) is 9.59 Å². The third kappa shape index (κ3) is 7.64. The molecule has 150 valence electrons. The lowest BCUT2D eigenvalue weighted by Crippen LogP contribution is -2.34. The number of hydrogen-bond acceptors (Lipinski definition) is 7. The van der Waals surface area contributed by atoms with Gasteiger partial charge in [-0.25, -0.2) is 9.59 Å². The fraction of sp³-hybridized carbons (Fsp3) is 0.579. The molecule has 0 fully saturated rings. The van der Waals surface area contributed by atoms with E-state index in [9.17, 15) is 19.2 Å². The van der Waals surface area contributed by atoms with Crippen LogP contribution >= 0.6 is 0 Å². The minimum atomic E-state index is -0.969. The van der Waals surface area contributed by atoms with E-state index in [0.717, 1.165) is 4.57 Å². The number of pyridine rings is 1. The Labute approximate surface area is 158 Å². The first kappa shape index (κ1) is 22.4. The van der Waals surface area contributed by atoms with E-state index in [1.165, 1.54) is 12.1 Å². The van der Waals surface area contributed by atoms with Crippen LogP contribution in [0.5, 0.6) is 0 Å². The Balaban J connectivity index is 2.91. The van der Waals surface area contributed by atoms with Crippen molar-refractivity contribution in [3.63, 3.8) is 0 Å². The first-order chi connectivity index (χ1) is 12.2. The molecule has 0 spiro atoms. The summed E-state index contributed by atoms with van der Waals surface area (Å²) in [6.07, 6.45) is 0. The van der Waals surface area contributed by atoms with Gasteiger partial charge < -0.3 is 18.8 Å². The first-order valence-electron chi connectivity index (χ1n) is 8.51. The van der Waals surface area contributed by atoms with Gasteiger partial charge in [0.2, 0.25) is 0 Å². The van der Waals surface area contributed by atoms with Gasteiger partial charge in [-0.1, -0.05) is 0 Å². The number of nitrogens with zero attached hydrogens (tertiary/aromatic N) is 1. The van der Waals surface area contributed by atoms with Crippen LogP contribution < -0.4 is 5.56 Å². The molecule has 0 amide bonds. The number of rotatable bonds is 5. The average molecular weight is 381 g/mol. The largest absolute Gasteiger partial charge is 0.459 e. The fourth-order valence-electron chi connectivity index (χ4n) is 2.10. The number of ether oxygens (including phenoxy) is 3. The minimum Gasteiger partial charge on any atom is -0.459 e. The van der Waals surface area contributed by atoms with Crippen molar-refractivity contribution in [3.8, 4) is 0 Å². The molecule has 1 heterocycles. The van der Waals surface area contributed by atoms with Crippen molar-refractivity contribution < 1.29 is 28.6 Å². The molecule has 0 N–H and O–H groups in total. The molecule has 0 saturated carbocycles. The van der Waals surface area contributed by atoms with Crippen molar-refractivity contribution in [1.29, 1.82) is 0 Å². The molecule has 0 bridgehead atoms. The van der Waals surface area contributed by atoms with Crippen LogP contribution in [0.15, 0.2) is 16.9 Å². The number of carbonyl (C=O) groups is 3. The summed E-state index contributed by atoms with van der Waals surface area (Å²) in [6.45, 7) is 10.9. The Morgan fingerprint density at radius 3 is 1.96 bits per heavy atom. The summed E-state index contributed by atoms with van der Waals surface area (Å²) in [5.41, 5.74) is -1.91. The molecule has 0 unspecified atom stereocenters. The van der Waals surface area contributed by atoms with Crippen molar-refractivity contribution in [2.75, 3.05) is 6.61 Å². The van der Waals surface area contributed by atoms with E-state index in [1.54, 1.807) is 48.5 Å². The number of aryl methyl sites for hydroxylation is 1. The maximum atomic E-state index is 12.5. The van der Waals surface area contributed by atoms with Crippen molar-refractivity contribution in [3.05, 3.63) is 33.7 Å². The molecule has 0 aliphatic rings. The van der Waals surface area contributed by atoms with Crippen LogP contribution in [0.3, 0.4) is 0 Å². The zero-order valence-electron chi connectivity index (χ0n) is 16.9. The van der Waals surface area contributed by atoms with Gasteiger partial charge >= 0.3 is 17.9 Å². The zero-order chi connectivity index (χ0) is 21.0. The number of aromatic nitrogens is 1. The Kier molecular flexibility index (Phi) is 6.94. The van der Waals surface area contributed by atoms with Gasteiger partial charge in [-0.05, 0) is 60.6 Å². The summed E-state index contributed by atoms with van der Waals surface area (Å²) in [4.78, 5) is 48.3. The average Bonchev–Trinajstić information content (AvgIpc) is 2.45. The van der Waals surface area contributed by atoms with E-state index in [4.69, 9.17) is 14.2 Å². The minimum absolute atomic E-state index is 0.285. The Hall–Kier alpha value is -2.64. The predicted octanol–water partition coefficient (Wildman–Crippen LogP) is 2.00. The summed E-state index contributed by atoms with van der Waals surface area (Å²) in [5.74, 6) is -2.30. The van der Waals surface area contributed by atoms with E-state index in [-0.39, 0.29) is 12.1 Å². The van der Waals surface area contributed by atoms with Crippen molar-refractivity contribution >= 4 is 17.9 Å². The van der Waals surface area contributed by atoms with Crippen LogP contribution in [0.2, 0.25) is 0 Å². The second kappa shape index (κ2) is 8.37. The van der Waals surface area contributed by atoms with Gasteiger partial charge in [0.05, 0.1) is 0 Å². The van der Waals surface area contributed by atoms with E-state index in [1.807, 2.05) is 0 Å². The zero-order valence-corrected chi connectivity index (χ0v) is 16.9. The molecule has 1 aromatic heterocycles. The SMILES string of the molecule is Cc1ccc(C(=O)OCC(=O)OC(C)(C)C)c(=O)n1CC(=O)OC(C)(C)C. The maximum absolute atomic E-state index is 12.5. The van der Waals surface area contributed by atoms with Gasteiger partial charge in [-0.2, -0.15) is 0 Å². The quantitative estimate of drug-likeness (QED) is 0.568. The molecule has 27 heavy (non-hydrogen) atoms. The number of hydrogen-bond donors (Lipinski definition) is 0. The summed E-state index contributed by atoms with van der Waals surface area (Å²) in [7, 11) is 0. The summed E-state index contributed by atoms with van der Waals surface area (Å²) < 4.78 is 16.2. The Morgan fingerprint density at radius 1 is 0.926 bits per heavy atom. The van der Waals surface area contributed by atoms with Crippen LogP contribution in [0, 0.1) is 6.92 Å². The maximum Gasteiger partial charge on any atom is 0.344 e. The second-order valence-electron chi connectivity index (χ2n) is 8.03.